The maximum absolute atomic E-state index is 11.7. The van der Waals surface area contributed by atoms with Gasteiger partial charge < -0.3 is 11.1 Å². The smallest absolute Gasteiger partial charge is 0.240 e. The van der Waals surface area contributed by atoms with Crippen LogP contribution < -0.4 is 15.8 Å². The van der Waals surface area contributed by atoms with Crippen LogP contribution >= 0.6 is 11.3 Å². The predicted molar refractivity (Wildman–Crippen MR) is 83.5 cm³/mol. The number of nitrogens with one attached hydrogen (secondary N) is 2. The van der Waals surface area contributed by atoms with Crippen molar-refractivity contribution in [2.24, 2.45) is 0 Å². The molecular weight excluding hydrogens is 294 g/mol. The molecule has 0 saturated carbocycles. The number of rotatable bonds is 5. The summed E-state index contributed by atoms with van der Waals surface area (Å²) in [4.78, 5) is 1.35. The van der Waals surface area contributed by atoms with Gasteiger partial charge in [0.05, 0.1) is 22.3 Å². The fourth-order valence-electron chi connectivity index (χ4n) is 1.80. The average molecular weight is 311 g/mol. The van der Waals surface area contributed by atoms with Gasteiger partial charge in [0.2, 0.25) is 10.0 Å². The van der Waals surface area contributed by atoms with Gasteiger partial charge in [-0.05, 0) is 43.6 Å². The number of hydrogen-bond donors (Lipinski definition) is 3. The SMILES string of the molecule is CNS(=O)(=O)c1ccc(NC(C)c2cccs2)c(N)c1. The molecule has 0 fully saturated rings. The number of nitrogens with two attached hydrogens (primary N) is 1. The summed E-state index contributed by atoms with van der Waals surface area (Å²) < 4.78 is 25.6. The van der Waals surface area contributed by atoms with E-state index in [4.69, 9.17) is 5.73 Å². The van der Waals surface area contributed by atoms with E-state index in [1.807, 2.05) is 24.4 Å². The lowest BCUT2D eigenvalue weighted by Crippen LogP contribution is -2.19. The highest BCUT2D eigenvalue weighted by molar-refractivity contribution is 7.89. The van der Waals surface area contributed by atoms with Crippen LogP contribution in [0.15, 0.2) is 40.6 Å². The van der Waals surface area contributed by atoms with Gasteiger partial charge in [0.1, 0.15) is 0 Å². The topological polar surface area (TPSA) is 84.2 Å². The van der Waals surface area contributed by atoms with Gasteiger partial charge >= 0.3 is 0 Å². The second-order valence-corrected chi connectivity index (χ2v) is 7.20. The second-order valence-electron chi connectivity index (χ2n) is 4.34. The molecule has 1 heterocycles. The van der Waals surface area contributed by atoms with E-state index < -0.39 is 10.0 Å². The lowest BCUT2D eigenvalue weighted by molar-refractivity contribution is 0.588. The van der Waals surface area contributed by atoms with E-state index >= 15 is 0 Å². The largest absolute Gasteiger partial charge is 0.397 e. The first-order valence-corrected chi connectivity index (χ1v) is 8.43. The minimum absolute atomic E-state index is 0.115. The van der Waals surface area contributed by atoms with Crippen molar-refractivity contribution >= 4 is 32.7 Å². The molecule has 0 radical (unpaired) electrons. The summed E-state index contributed by atoms with van der Waals surface area (Å²) in [6.07, 6.45) is 0. The Morgan fingerprint density at radius 1 is 1.30 bits per heavy atom. The Labute approximate surface area is 122 Å². The first-order chi connectivity index (χ1) is 9.44. The summed E-state index contributed by atoms with van der Waals surface area (Å²) in [6.45, 7) is 2.03. The lowest BCUT2D eigenvalue weighted by atomic mass is 10.2. The molecule has 4 N–H and O–H groups in total. The zero-order chi connectivity index (χ0) is 14.8. The highest BCUT2D eigenvalue weighted by atomic mass is 32.2. The molecule has 0 aliphatic rings. The molecule has 7 heteroatoms. The van der Waals surface area contributed by atoms with E-state index in [1.54, 1.807) is 17.4 Å². The Hall–Kier alpha value is -1.57. The van der Waals surface area contributed by atoms with Crippen LogP contribution in [0.5, 0.6) is 0 Å². The number of sulfonamides is 1. The average Bonchev–Trinajstić information content (AvgIpc) is 2.95. The van der Waals surface area contributed by atoms with Gasteiger partial charge in [-0.1, -0.05) is 6.07 Å². The van der Waals surface area contributed by atoms with E-state index in [2.05, 4.69) is 10.0 Å². The summed E-state index contributed by atoms with van der Waals surface area (Å²) >= 11 is 1.66. The third-order valence-electron chi connectivity index (χ3n) is 2.94. The van der Waals surface area contributed by atoms with Gasteiger partial charge in [0.15, 0.2) is 0 Å². The monoisotopic (exact) mass is 311 g/mol. The molecule has 2 aromatic rings. The van der Waals surface area contributed by atoms with Crippen molar-refractivity contribution < 1.29 is 8.42 Å². The Morgan fingerprint density at radius 3 is 2.60 bits per heavy atom. The Morgan fingerprint density at radius 2 is 2.05 bits per heavy atom. The highest BCUT2D eigenvalue weighted by Gasteiger charge is 2.14. The van der Waals surface area contributed by atoms with Crippen molar-refractivity contribution in [3.05, 3.63) is 40.6 Å². The van der Waals surface area contributed by atoms with Crippen LogP contribution in [0.25, 0.3) is 0 Å². The van der Waals surface area contributed by atoms with Crippen LogP contribution in [0.4, 0.5) is 11.4 Å². The van der Waals surface area contributed by atoms with E-state index in [0.29, 0.717) is 5.69 Å². The van der Waals surface area contributed by atoms with E-state index in [-0.39, 0.29) is 10.9 Å². The predicted octanol–water partition coefficient (Wildman–Crippen LogP) is 2.41. The van der Waals surface area contributed by atoms with Gasteiger partial charge in [-0.2, -0.15) is 0 Å². The van der Waals surface area contributed by atoms with Gasteiger partial charge in [-0.25, -0.2) is 13.1 Å². The maximum atomic E-state index is 11.7. The van der Waals surface area contributed by atoms with E-state index in [9.17, 15) is 8.42 Å². The van der Waals surface area contributed by atoms with Gasteiger partial charge in [-0.15, -0.1) is 11.3 Å². The molecule has 108 valence electrons. The van der Waals surface area contributed by atoms with Crippen LogP contribution in [-0.2, 0) is 10.0 Å². The number of benzene rings is 1. The quantitative estimate of drug-likeness (QED) is 0.740. The standard InChI is InChI=1S/C13H17N3O2S2/c1-9(13-4-3-7-19-13)16-12-6-5-10(8-11(12)14)20(17,18)15-2/h3-9,15-16H,14H2,1-2H3. The van der Waals surface area contributed by atoms with Crippen LogP contribution in [0, 0.1) is 0 Å². The Bertz CT molecular complexity index is 682. The third kappa shape index (κ3) is 3.12. The molecule has 1 atom stereocenters. The molecule has 1 unspecified atom stereocenters. The number of hydrogen-bond acceptors (Lipinski definition) is 5. The third-order valence-corrected chi connectivity index (χ3v) is 5.41. The van der Waals surface area contributed by atoms with Gasteiger partial charge in [0.25, 0.3) is 0 Å². The molecule has 0 aliphatic carbocycles. The normalized spacial score (nSPS) is 13.1. The summed E-state index contributed by atoms with van der Waals surface area (Å²) in [7, 11) is -2.09. The number of thiophene rings is 1. The molecule has 0 bridgehead atoms. The summed E-state index contributed by atoms with van der Waals surface area (Å²) in [5, 5.41) is 5.29. The van der Waals surface area contributed by atoms with Gasteiger partial charge in [-0.3, -0.25) is 0 Å². The molecule has 20 heavy (non-hydrogen) atoms. The first kappa shape index (κ1) is 14.8. The molecule has 0 spiro atoms. The van der Waals surface area contributed by atoms with Crippen LogP contribution in [0.3, 0.4) is 0 Å². The molecule has 1 aromatic carbocycles. The van der Waals surface area contributed by atoms with Crippen LogP contribution in [0.1, 0.15) is 17.8 Å². The van der Waals surface area contributed by atoms with Crippen molar-refractivity contribution in [1.82, 2.24) is 4.72 Å². The molecule has 0 aliphatic heterocycles. The molecule has 0 saturated heterocycles. The summed E-state index contributed by atoms with van der Waals surface area (Å²) in [5.74, 6) is 0. The molecule has 1 aromatic heterocycles. The molecule has 0 amide bonds. The maximum Gasteiger partial charge on any atom is 0.240 e. The van der Waals surface area contributed by atoms with Crippen LogP contribution in [-0.4, -0.2) is 15.5 Å². The fraction of sp³-hybridized carbons (Fsp3) is 0.231. The molecule has 2 rings (SSSR count). The zero-order valence-electron chi connectivity index (χ0n) is 11.3. The minimum Gasteiger partial charge on any atom is -0.397 e. The minimum atomic E-state index is -3.46. The lowest BCUT2D eigenvalue weighted by Gasteiger charge is -2.16. The highest BCUT2D eigenvalue weighted by Crippen LogP contribution is 2.28. The van der Waals surface area contributed by atoms with Crippen molar-refractivity contribution in [3.63, 3.8) is 0 Å². The Kier molecular flexibility index (Phi) is 4.32. The van der Waals surface area contributed by atoms with E-state index in [0.717, 1.165) is 5.69 Å². The summed E-state index contributed by atoms with van der Waals surface area (Å²) in [5.41, 5.74) is 7.05. The summed E-state index contributed by atoms with van der Waals surface area (Å²) in [6, 6.07) is 8.82. The van der Waals surface area contributed by atoms with Crippen molar-refractivity contribution in [2.45, 2.75) is 17.9 Å². The van der Waals surface area contributed by atoms with Crippen molar-refractivity contribution in [2.75, 3.05) is 18.1 Å². The number of anilines is 2. The first-order valence-electron chi connectivity index (χ1n) is 6.07. The Balaban J connectivity index is 2.23. The van der Waals surface area contributed by atoms with Crippen molar-refractivity contribution in [1.29, 1.82) is 0 Å². The van der Waals surface area contributed by atoms with Crippen molar-refractivity contribution in [3.8, 4) is 0 Å². The molecular formula is C13H17N3O2S2. The van der Waals surface area contributed by atoms with E-state index in [1.165, 1.54) is 24.1 Å². The number of nitrogen functional groups attached to an aromatic ring is 1. The molecule has 5 nitrogen and oxygen atoms in total. The fourth-order valence-corrected chi connectivity index (χ4v) is 3.30. The van der Waals surface area contributed by atoms with Gasteiger partial charge in [0, 0.05) is 4.88 Å². The zero-order valence-corrected chi connectivity index (χ0v) is 12.9. The second kappa shape index (κ2) is 5.82. The van der Waals surface area contributed by atoms with Crippen LogP contribution in [0.2, 0.25) is 0 Å².